The minimum atomic E-state index is -0.164. The van der Waals surface area contributed by atoms with E-state index < -0.39 is 0 Å². The van der Waals surface area contributed by atoms with Gasteiger partial charge in [0.15, 0.2) is 0 Å². The average molecular weight is 212 g/mol. The van der Waals surface area contributed by atoms with Crippen molar-refractivity contribution in [3.8, 4) is 0 Å². The number of aromatic nitrogens is 3. The first-order valence-electron chi connectivity index (χ1n) is 4.02. The molecule has 6 nitrogen and oxygen atoms in total. The van der Waals surface area contributed by atoms with Crippen LogP contribution in [0.3, 0.4) is 0 Å². The Hall–Kier alpha value is -1.37. The van der Waals surface area contributed by atoms with Gasteiger partial charge in [-0.15, -0.1) is 11.8 Å². The highest BCUT2D eigenvalue weighted by Crippen LogP contribution is 2.13. The molecule has 1 aromatic rings. The summed E-state index contributed by atoms with van der Waals surface area (Å²) < 4.78 is 0. The Morgan fingerprint density at radius 2 is 2.14 bits per heavy atom. The molecule has 1 N–H and O–H groups in total. The first kappa shape index (κ1) is 9.20. The summed E-state index contributed by atoms with van der Waals surface area (Å²) in [4.78, 5) is 27.8. The predicted molar refractivity (Wildman–Crippen MR) is 49.3 cm³/mol. The maximum absolute atomic E-state index is 11.4. The van der Waals surface area contributed by atoms with Crippen molar-refractivity contribution in [1.29, 1.82) is 0 Å². The van der Waals surface area contributed by atoms with Gasteiger partial charge in [0.1, 0.15) is 12.2 Å². The predicted octanol–water partition coefficient (Wildman–Crippen LogP) is -0.593. The van der Waals surface area contributed by atoms with Crippen LogP contribution in [0, 0.1) is 0 Å². The molecule has 2 heterocycles. The molecule has 0 unspecified atom stereocenters. The summed E-state index contributed by atoms with van der Waals surface area (Å²) >= 11 is 1.34. The number of nitrogens with zero attached hydrogens (tertiary/aromatic N) is 3. The Balaban J connectivity index is 2.08. The van der Waals surface area contributed by atoms with Crippen molar-refractivity contribution in [3.05, 3.63) is 12.2 Å². The van der Waals surface area contributed by atoms with Gasteiger partial charge in [0, 0.05) is 0 Å². The molecule has 14 heavy (non-hydrogen) atoms. The van der Waals surface area contributed by atoms with Gasteiger partial charge in [-0.25, -0.2) is 4.98 Å². The summed E-state index contributed by atoms with van der Waals surface area (Å²) in [6, 6.07) is 0. The summed E-state index contributed by atoms with van der Waals surface area (Å²) in [5.74, 6) is 0.920. The Labute approximate surface area is 84.1 Å². The van der Waals surface area contributed by atoms with Gasteiger partial charge in [-0.2, -0.15) is 5.10 Å². The molecule has 0 spiro atoms. The Bertz CT molecular complexity index is 335. The average Bonchev–Trinajstić information content (AvgIpc) is 2.64. The molecule has 0 aliphatic carbocycles. The normalized spacial score (nSPS) is 17.6. The molecule has 2 rings (SSSR count). The second-order valence-corrected chi connectivity index (χ2v) is 3.78. The van der Waals surface area contributed by atoms with Crippen molar-refractivity contribution in [2.24, 2.45) is 0 Å². The van der Waals surface area contributed by atoms with E-state index in [4.69, 9.17) is 0 Å². The quantitative estimate of drug-likeness (QED) is 0.663. The van der Waals surface area contributed by atoms with Crippen molar-refractivity contribution in [3.63, 3.8) is 0 Å². The highest BCUT2D eigenvalue weighted by molar-refractivity contribution is 8.00. The molecule has 1 saturated heterocycles. The lowest BCUT2D eigenvalue weighted by atomic mass is 10.4. The third-order valence-corrected chi connectivity index (χ3v) is 2.73. The number of hydrogen-bond acceptors (Lipinski definition) is 5. The maximum Gasteiger partial charge on any atom is 0.239 e. The van der Waals surface area contributed by atoms with Gasteiger partial charge in [-0.1, -0.05) is 0 Å². The van der Waals surface area contributed by atoms with E-state index in [1.807, 2.05) is 0 Å². The highest BCUT2D eigenvalue weighted by atomic mass is 32.2. The summed E-state index contributed by atoms with van der Waals surface area (Å²) in [5, 5.41) is 6.26. The van der Waals surface area contributed by atoms with Crippen molar-refractivity contribution < 1.29 is 9.59 Å². The van der Waals surface area contributed by atoms with Gasteiger partial charge in [0.25, 0.3) is 0 Å². The lowest BCUT2D eigenvalue weighted by molar-refractivity contribution is -0.143. The number of hydrogen-bond donors (Lipinski definition) is 1. The lowest BCUT2D eigenvalue weighted by Gasteiger charge is -2.23. The molecule has 1 aliphatic rings. The molecule has 2 amide bonds. The number of nitrogens with one attached hydrogen (secondary N) is 1. The Morgan fingerprint density at radius 3 is 2.71 bits per heavy atom. The van der Waals surface area contributed by atoms with Gasteiger partial charge >= 0.3 is 0 Å². The van der Waals surface area contributed by atoms with Crippen LogP contribution >= 0.6 is 11.8 Å². The van der Waals surface area contributed by atoms with Crippen LogP contribution in [0.1, 0.15) is 5.82 Å². The smallest absolute Gasteiger partial charge is 0.239 e. The molecule has 1 fully saturated rings. The monoisotopic (exact) mass is 212 g/mol. The number of H-pyrrole nitrogens is 1. The standard InChI is InChI=1S/C7H8N4O2S/c12-6-2-14-3-7(13)11(6)1-5-8-4-9-10-5/h4H,1-3H2,(H,8,9,10). The number of carbonyl (C=O) groups excluding carboxylic acids is 2. The number of carbonyl (C=O) groups is 2. The largest absolute Gasteiger partial charge is 0.273 e. The SMILES string of the molecule is O=C1CSCC(=O)N1Cc1ncn[nH]1. The number of imide groups is 1. The fourth-order valence-corrected chi connectivity index (χ4v) is 1.92. The summed E-state index contributed by atoms with van der Waals surface area (Å²) in [6.45, 7) is 0.193. The fraction of sp³-hybridized carbons (Fsp3) is 0.429. The van der Waals surface area contributed by atoms with Crippen LogP contribution in [0.25, 0.3) is 0 Å². The summed E-state index contributed by atoms with van der Waals surface area (Å²) in [7, 11) is 0. The van der Waals surface area contributed by atoms with Crippen LogP contribution in [-0.4, -0.2) is 43.4 Å². The molecule has 1 aromatic heterocycles. The third-order valence-electron chi connectivity index (χ3n) is 1.83. The molecule has 0 aromatic carbocycles. The van der Waals surface area contributed by atoms with Crippen molar-refractivity contribution >= 4 is 23.6 Å². The van der Waals surface area contributed by atoms with Crippen LogP contribution in [-0.2, 0) is 16.1 Å². The van der Waals surface area contributed by atoms with E-state index in [-0.39, 0.29) is 18.4 Å². The van der Waals surface area contributed by atoms with Gasteiger partial charge in [-0.05, 0) is 0 Å². The third kappa shape index (κ3) is 1.77. The molecule has 74 valence electrons. The minimum Gasteiger partial charge on any atom is -0.273 e. The van der Waals surface area contributed by atoms with E-state index >= 15 is 0 Å². The molecule has 7 heteroatoms. The number of amides is 2. The van der Waals surface area contributed by atoms with Crippen LogP contribution in [0.5, 0.6) is 0 Å². The zero-order valence-electron chi connectivity index (χ0n) is 7.27. The van der Waals surface area contributed by atoms with E-state index in [1.165, 1.54) is 23.0 Å². The molecule has 1 aliphatic heterocycles. The second-order valence-electron chi connectivity index (χ2n) is 2.80. The van der Waals surface area contributed by atoms with E-state index in [1.54, 1.807) is 0 Å². The van der Waals surface area contributed by atoms with Crippen LogP contribution in [0.2, 0.25) is 0 Å². The number of thioether (sulfide) groups is 1. The van der Waals surface area contributed by atoms with Gasteiger partial charge in [-0.3, -0.25) is 19.6 Å². The first-order chi connectivity index (χ1) is 6.77. The van der Waals surface area contributed by atoms with Gasteiger partial charge < -0.3 is 0 Å². The zero-order chi connectivity index (χ0) is 9.97. The summed E-state index contributed by atoms with van der Waals surface area (Å²) in [6.07, 6.45) is 1.35. The van der Waals surface area contributed by atoms with E-state index in [9.17, 15) is 9.59 Å². The van der Waals surface area contributed by atoms with Crippen LogP contribution < -0.4 is 0 Å². The minimum absolute atomic E-state index is 0.164. The number of aromatic amines is 1. The van der Waals surface area contributed by atoms with E-state index in [0.717, 1.165) is 0 Å². The maximum atomic E-state index is 11.4. The topological polar surface area (TPSA) is 79.0 Å². The molecule has 0 atom stereocenters. The molecule has 0 saturated carbocycles. The lowest BCUT2D eigenvalue weighted by Crippen LogP contribution is -2.42. The molecular formula is C7H8N4O2S. The summed E-state index contributed by atoms with van der Waals surface area (Å²) in [5.41, 5.74) is 0. The Morgan fingerprint density at radius 1 is 1.43 bits per heavy atom. The van der Waals surface area contributed by atoms with Crippen LogP contribution in [0.15, 0.2) is 6.33 Å². The Kier molecular flexibility index (Phi) is 2.49. The van der Waals surface area contributed by atoms with E-state index in [0.29, 0.717) is 17.3 Å². The van der Waals surface area contributed by atoms with Crippen molar-refractivity contribution in [2.75, 3.05) is 11.5 Å². The zero-order valence-corrected chi connectivity index (χ0v) is 8.08. The highest BCUT2D eigenvalue weighted by Gasteiger charge is 2.26. The second kappa shape index (κ2) is 3.79. The van der Waals surface area contributed by atoms with Crippen molar-refractivity contribution in [2.45, 2.75) is 6.54 Å². The molecular weight excluding hydrogens is 204 g/mol. The van der Waals surface area contributed by atoms with Crippen LogP contribution in [0.4, 0.5) is 0 Å². The van der Waals surface area contributed by atoms with Gasteiger partial charge in [0.05, 0.1) is 18.1 Å². The van der Waals surface area contributed by atoms with Gasteiger partial charge in [0.2, 0.25) is 11.8 Å². The number of rotatable bonds is 2. The van der Waals surface area contributed by atoms with E-state index in [2.05, 4.69) is 15.2 Å². The first-order valence-corrected chi connectivity index (χ1v) is 5.18. The van der Waals surface area contributed by atoms with Crippen molar-refractivity contribution in [1.82, 2.24) is 20.1 Å². The molecule has 0 bridgehead atoms. The fourth-order valence-electron chi connectivity index (χ4n) is 1.15. The molecule has 0 radical (unpaired) electrons.